The molecule has 3 N–H and O–H groups in total. The van der Waals surface area contributed by atoms with Crippen molar-refractivity contribution in [3.05, 3.63) is 72.5 Å². The summed E-state index contributed by atoms with van der Waals surface area (Å²) in [4.78, 5) is 28.1. The standard InChI is InChI=1S/C23H22FN3O4/c1-14(28)22(25-15(2)29)23(30)27-21-5-3-4-20(26-21)16-6-10-18(11-7-16)31-19-12-8-17(24)9-13-19/h3-14,22,28H,1-2H3,(H,25,29)(H,26,27,30)/t14-,22?/m0/s1. The summed E-state index contributed by atoms with van der Waals surface area (Å²) in [5, 5.41) is 14.8. The van der Waals surface area contributed by atoms with Crippen LogP contribution in [0.2, 0.25) is 0 Å². The highest BCUT2D eigenvalue weighted by molar-refractivity contribution is 5.96. The molecular weight excluding hydrogens is 401 g/mol. The number of carbonyl (C=O) groups excluding carboxylic acids is 2. The Labute approximate surface area is 178 Å². The van der Waals surface area contributed by atoms with Crippen LogP contribution in [0.4, 0.5) is 10.2 Å². The molecule has 2 atom stereocenters. The molecule has 1 unspecified atom stereocenters. The number of pyridine rings is 1. The molecule has 0 aliphatic rings. The minimum Gasteiger partial charge on any atom is -0.457 e. The Bertz CT molecular complexity index is 1050. The molecule has 2 aromatic carbocycles. The van der Waals surface area contributed by atoms with Gasteiger partial charge in [-0.15, -0.1) is 0 Å². The van der Waals surface area contributed by atoms with Crippen LogP contribution in [0, 0.1) is 5.82 Å². The maximum Gasteiger partial charge on any atom is 0.250 e. The van der Waals surface area contributed by atoms with E-state index in [1.165, 1.54) is 26.0 Å². The first-order valence-corrected chi connectivity index (χ1v) is 9.59. The van der Waals surface area contributed by atoms with Crippen molar-refractivity contribution in [3.8, 4) is 22.8 Å². The number of ether oxygens (including phenoxy) is 1. The molecule has 2 amide bonds. The summed E-state index contributed by atoms with van der Waals surface area (Å²) < 4.78 is 18.7. The number of rotatable bonds is 7. The van der Waals surface area contributed by atoms with Crippen LogP contribution in [0.3, 0.4) is 0 Å². The second-order valence-corrected chi connectivity index (χ2v) is 6.90. The molecule has 0 spiro atoms. The lowest BCUT2D eigenvalue weighted by Gasteiger charge is -2.19. The number of aliphatic hydroxyl groups excluding tert-OH is 1. The zero-order chi connectivity index (χ0) is 22.4. The first-order valence-electron chi connectivity index (χ1n) is 9.59. The molecule has 31 heavy (non-hydrogen) atoms. The first kappa shape index (κ1) is 21.9. The third-order valence-corrected chi connectivity index (χ3v) is 4.32. The summed E-state index contributed by atoms with van der Waals surface area (Å²) in [6.07, 6.45) is -1.07. The molecule has 8 heteroatoms. The molecule has 0 bridgehead atoms. The van der Waals surface area contributed by atoms with Gasteiger partial charge in [-0.25, -0.2) is 9.37 Å². The molecule has 0 aliphatic carbocycles. The van der Waals surface area contributed by atoms with Gasteiger partial charge in [-0.3, -0.25) is 9.59 Å². The van der Waals surface area contributed by atoms with Gasteiger partial charge in [0, 0.05) is 12.5 Å². The van der Waals surface area contributed by atoms with Gasteiger partial charge in [0.15, 0.2) is 0 Å². The van der Waals surface area contributed by atoms with Gasteiger partial charge in [0.1, 0.15) is 29.2 Å². The van der Waals surface area contributed by atoms with Crippen molar-refractivity contribution < 1.29 is 23.8 Å². The molecule has 0 fully saturated rings. The van der Waals surface area contributed by atoms with E-state index in [9.17, 15) is 19.1 Å². The van der Waals surface area contributed by atoms with Gasteiger partial charge < -0.3 is 20.5 Å². The van der Waals surface area contributed by atoms with Crippen molar-refractivity contribution in [2.45, 2.75) is 26.0 Å². The molecule has 0 aliphatic heterocycles. The quantitative estimate of drug-likeness (QED) is 0.540. The molecule has 1 heterocycles. The van der Waals surface area contributed by atoms with Gasteiger partial charge in [-0.05, 0) is 67.6 Å². The monoisotopic (exact) mass is 423 g/mol. The summed E-state index contributed by atoms with van der Waals surface area (Å²) in [7, 11) is 0. The van der Waals surface area contributed by atoms with Gasteiger partial charge in [0.2, 0.25) is 5.91 Å². The minimum absolute atomic E-state index is 0.283. The Balaban J connectivity index is 1.71. The Hall–Kier alpha value is -3.78. The summed E-state index contributed by atoms with van der Waals surface area (Å²) in [5.74, 6) is 0.0463. The van der Waals surface area contributed by atoms with E-state index in [0.717, 1.165) is 5.56 Å². The fraction of sp³-hybridized carbons (Fsp3) is 0.174. The number of halogens is 1. The molecule has 160 valence electrons. The van der Waals surface area contributed by atoms with E-state index < -0.39 is 24.0 Å². The number of aromatic nitrogens is 1. The third-order valence-electron chi connectivity index (χ3n) is 4.32. The summed E-state index contributed by atoms with van der Waals surface area (Å²) in [6.45, 7) is 2.69. The topological polar surface area (TPSA) is 101 Å². The van der Waals surface area contributed by atoms with E-state index in [1.807, 2.05) is 12.1 Å². The van der Waals surface area contributed by atoms with Crippen LogP contribution in [0.5, 0.6) is 11.5 Å². The number of carbonyl (C=O) groups is 2. The smallest absolute Gasteiger partial charge is 0.250 e. The summed E-state index contributed by atoms with van der Waals surface area (Å²) in [6, 6.07) is 16.9. The van der Waals surface area contributed by atoms with Crippen LogP contribution < -0.4 is 15.4 Å². The largest absolute Gasteiger partial charge is 0.457 e. The fourth-order valence-corrected chi connectivity index (χ4v) is 2.83. The number of benzene rings is 2. The minimum atomic E-state index is -1.09. The SMILES string of the molecule is CC(=O)NC(C(=O)Nc1cccc(-c2ccc(Oc3ccc(F)cc3)cc2)n1)[C@H](C)O. The normalized spacial score (nSPS) is 12.5. The highest BCUT2D eigenvalue weighted by Gasteiger charge is 2.24. The highest BCUT2D eigenvalue weighted by Crippen LogP contribution is 2.25. The number of hydrogen-bond acceptors (Lipinski definition) is 5. The zero-order valence-electron chi connectivity index (χ0n) is 17.0. The van der Waals surface area contributed by atoms with Gasteiger partial charge in [0.05, 0.1) is 11.8 Å². The molecule has 0 radical (unpaired) electrons. The predicted molar refractivity (Wildman–Crippen MR) is 114 cm³/mol. The van der Waals surface area contributed by atoms with E-state index in [1.54, 1.807) is 42.5 Å². The van der Waals surface area contributed by atoms with Crippen molar-refractivity contribution in [2.75, 3.05) is 5.32 Å². The fourth-order valence-electron chi connectivity index (χ4n) is 2.83. The van der Waals surface area contributed by atoms with E-state index in [4.69, 9.17) is 4.74 Å². The number of nitrogens with one attached hydrogen (secondary N) is 2. The lowest BCUT2D eigenvalue weighted by atomic mass is 10.1. The predicted octanol–water partition coefficient (Wildman–Crippen LogP) is 3.50. The Morgan fingerprint density at radius 2 is 1.61 bits per heavy atom. The van der Waals surface area contributed by atoms with Crippen LogP contribution in [0.15, 0.2) is 66.7 Å². The maximum atomic E-state index is 13.0. The lowest BCUT2D eigenvalue weighted by Crippen LogP contribution is -2.49. The van der Waals surface area contributed by atoms with E-state index in [0.29, 0.717) is 17.2 Å². The average molecular weight is 423 g/mol. The van der Waals surface area contributed by atoms with Crippen LogP contribution in [-0.4, -0.2) is 34.1 Å². The zero-order valence-corrected chi connectivity index (χ0v) is 17.0. The molecule has 0 saturated heterocycles. The van der Waals surface area contributed by atoms with Crippen LogP contribution in [-0.2, 0) is 9.59 Å². The van der Waals surface area contributed by atoms with Gasteiger partial charge in [-0.2, -0.15) is 0 Å². The number of amides is 2. The number of nitrogens with zero attached hydrogens (tertiary/aromatic N) is 1. The molecule has 7 nitrogen and oxygen atoms in total. The molecule has 3 rings (SSSR count). The van der Waals surface area contributed by atoms with Crippen molar-refractivity contribution in [2.24, 2.45) is 0 Å². The molecule has 3 aromatic rings. The Kier molecular flexibility index (Phi) is 6.94. The molecular formula is C23H22FN3O4. The van der Waals surface area contributed by atoms with Crippen molar-refractivity contribution >= 4 is 17.6 Å². The Morgan fingerprint density at radius 1 is 1.00 bits per heavy atom. The van der Waals surface area contributed by atoms with E-state index in [-0.39, 0.29) is 11.6 Å². The van der Waals surface area contributed by atoms with Crippen molar-refractivity contribution in [3.63, 3.8) is 0 Å². The van der Waals surface area contributed by atoms with Gasteiger partial charge in [-0.1, -0.05) is 6.07 Å². The second-order valence-electron chi connectivity index (χ2n) is 6.90. The van der Waals surface area contributed by atoms with Crippen molar-refractivity contribution in [1.29, 1.82) is 0 Å². The van der Waals surface area contributed by atoms with E-state index >= 15 is 0 Å². The van der Waals surface area contributed by atoms with Crippen LogP contribution >= 0.6 is 0 Å². The van der Waals surface area contributed by atoms with Crippen molar-refractivity contribution in [1.82, 2.24) is 10.3 Å². The number of anilines is 1. The average Bonchev–Trinajstić information content (AvgIpc) is 2.74. The maximum absolute atomic E-state index is 13.0. The van der Waals surface area contributed by atoms with Gasteiger partial charge >= 0.3 is 0 Å². The molecule has 1 aromatic heterocycles. The van der Waals surface area contributed by atoms with E-state index in [2.05, 4.69) is 15.6 Å². The Morgan fingerprint density at radius 3 is 2.19 bits per heavy atom. The third kappa shape index (κ3) is 6.10. The first-order chi connectivity index (χ1) is 14.8. The highest BCUT2D eigenvalue weighted by atomic mass is 19.1. The summed E-state index contributed by atoms with van der Waals surface area (Å²) in [5.41, 5.74) is 1.40. The van der Waals surface area contributed by atoms with Gasteiger partial charge in [0.25, 0.3) is 5.91 Å². The van der Waals surface area contributed by atoms with Crippen LogP contribution in [0.1, 0.15) is 13.8 Å². The lowest BCUT2D eigenvalue weighted by molar-refractivity contribution is -0.127. The molecule has 0 saturated carbocycles. The number of hydrogen-bond donors (Lipinski definition) is 3. The second kappa shape index (κ2) is 9.82. The number of aliphatic hydroxyl groups is 1. The van der Waals surface area contributed by atoms with Crippen LogP contribution in [0.25, 0.3) is 11.3 Å². The summed E-state index contributed by atoms with van der Waals surface area (Å²) >= 11 is 0.